The molecule has 14 nitrogen and oxygen atoms in total. The minimum absolute atomic E-state index is 0.0497. The van der Waals surface area contributed by atoms with Crippen molar-refractivity contribution in [2.45, 2.75) is 93.7 Å². The van der Waals surface area contributed by atoms with Crippen molar-refractivity contribution in [1.82, 2.24) is 10.3 Å². The highest BCUT2D eigenvalue weighted by molar-refractivity contribution is 6.40. The maximum absolute atomic E-state index is 11.1. The van der Waals surface area contributed by atoms with Crippen molar-refractivity contribution < 1.29 is 62.1 Å². The van der Waals surface area contributed by atoms with Crippen LogP contribution in [0.3, 0.4) is 0 Å². The van der Waals surface area contributed by atoms with Crippen LogP contribution < -0.4 is 15.2 Å². The van der Waals surface area contributed by atoms with E-state index in [4.69, 9.17) is 116 Å². The van der Waals surface area contributed by atoms with Crippen LogP contribution >= 0.6 is 69.6 Å². The van der Waals surface area contributed by atoms with Crippen LogP contribution in [0, 0.1) is 0 Å². The molecule has 0 spiro atoms. The average Bonchev–Trinajstić information content (AvgIpc) is 4.63. The lowest BCUT2D eigenvalue weighted by atomic mass is 10.0. The molecule has 8 N–H and O–H groups in total. The molecule has 11 rings (SSSR count). The van der Waals surface area contributed by atoms with Gasteiger partial charge in [-0.1, -0.05) is 142 Å². The van der Waals surface area contributed by atoms with E-state index < -0.39 is 30.6 Å². The summed E-state index contributed by atoms with van der Waals surface area (Å²) in [5.41, 5.74) is 9.91. The second-order valence-electron chi connectivity index (χ2n) is 20.8. The van der Waals surface area contributed by atoms with E-state index in [1.54, 1.807) is 78.9 Å². The first kappa shape index (κ1) is 57.7. The SMILES string of the molecule is [2H]C(Oc1ccc(C2CC2c2ccc(C(=O)O)cc2)c(Cl)c1)c1c(-c2c(Cl)cccc2Cl)noc1C(C)C.[2H]C(Oc1ccc(C2CC2c2ccc(C(=O)O)cc2)c(Cl)c1)c1c(-c2c(Cl)cccc2Cl)noc1C1CC1.[NH3+]C(CO)(CO)CO. The van der Waals surface area contributed by atoms with E-state index in [0.717, 1.165) is 47.9 Å². The summed E-state index contributed by atoms with van der Waals surface area (Å²) < 4.78 is 41.1. The Hall–Kier alpha value is -6.14. The van der Waals surface area contributed by atoms with E-state index in [1.807, 2.05) is 56.3 Å². The lowest BCUT2D eigenvalue weighted by Crippen LogP contribution is -2.78. The van der Waals surface area contributed by atoms with E-state index in [1.165, 1.54) is 0 Å². The Morgan fingerprint density at radius 3 is 1.37 bits per heavy atom. The predicted molar refractivity (Wildman–Crippen MR) is 315 cm³/mol. The third kappa shape index (κ3) is 13.9. The summed E-state index contributed by atoms with van der Waals surface area (Å²) in [4.78, 5) is 22.2. The van der Waals surface area contributed by atoms with Crippen LogP contribution in [-0.4, -0.2) is 73.1 Å². The Labute approximate surface area is 506 Å². The van der Waals surface area contributed by atoms with Gasteiger partial charge in [0.15, 0.2) is 5.54 Å². The smallest absolute Gasteiger partial charge is 0.335 e. The molecule has 20 heteroatoms. The lowest BCUT2D eigenvalue weighted by Gasteiger charge is -2.16. The van der Waals surface area contributed by atoms with E-state index in [0.29, 0.717) is 86.8 Å². The molecule has 0 bridgehead atoms. The van der Waals surface area contributed by atoms with Gasteiger partial charge < -0.3 is 49.8 Å². The number of hydrogen-bond acceptors (Lipinski definition) is 11. The Morgan fingerprint density at radius 2 is 1.00 bits per heavy atom. The highest BCUT2D eigenvalue weighted by Crippen LogP contribution is 2.58. The number of aliphatic hydroxyl groups is 3. The van der Waals surface area contributed by atoms with Gasteiger partial charge in [-0.05, 0) is 144 Å². The van der Waals surface area contributed by atoms with Crippen molar-refractivity contribution in [3.8, 4) is 34.0 Å². The largest absolute Gasteiger partial charge is 0.489 e. The zero-order chi connectivity index (χ0) is 60.3. The van der Waals surface area contributed by atoms with Gasteiger partial charge >= 0.3 is 11.9 Å². The maximum atomic E-state index is 11.1. The number of quaternary nitrogens is 1. The van der Waals surface area contributed by atoms with Gasteiger partial charge in [-0.2, -0.15) is 0 Å². The predicted octanol–water partition coefficient (Wildman–Crippen LogP) is 14.6. The summed E-state index contributed by atoms with van der Waals surface area (Å²) in [6, 6.07) is 35.2. The van der Waals surface area contributed by atoms with E-state index in [9.17, 15) is 9.59 Å². The number of rotatable bonds is 19. The summed E-state index contributed by atoms with van der Waals surface area (Å²) in [6.45, 7) is 0.732. The zero-order valence-electron chi connectivity index (χ0n) is 46.2. The van der Waals surface area contributed by atoms with Crippen LogP contribution in [-0.2, 0) is 13.2 Å². The van der Waals surface area contributed by atoms with Crippen molar-refractivity contribution in [3.63, 3.8) is 0 Å². The molecule has 428 valence electrons. The molecule has 6 aromatic carbocycles. The molecular formula is C62H58Cl6N3O11+. The van der Waals surface area contributed by atoms with Crippen LogP contribution in [0.15, 0.2) is 130 Å². The molecule has 2 heterocycles. The fourth-order valence-corrected chi connectivity index (χ4v) is 11.2. The zero-order valence-corrected chi connectivity index (χ0v) is 48.7. The van der Waals surface area contributed by atoms with Crippen molar-refractivity contribution in [3.05, 3.63) is 207 Å². The number of aliphatic hydroxyl groups excluding tert-OH is 3. The van der Waals surface area contributed by atoms with Crippen LogP contribution in [0.25, 0.3) is 22.5 Å². The summed E-state index contributed by atoms with van der Waals surface area (Å²) in [5.74, 6) is 1.36. The van der Waals surface area contributed by atoms with Gasteiger partial charge in [0.05, 0.1) is 45.1 Å². The number of hydrogen-bond donors (Lipinski definition) is 6. The monoisotopic (exact) mass is 1230 g/mol. The molecular weight excluding hydrogens is 1180 g/mol. The third-order valence-electron chi connectivity index (χ3n) is 14.5. The standard InChI is InChI=1S/C29H22Cl3NO4.C29H24Cl3NO4.C4H11NO3/c30-23-2-1-3-24(31)26(23)27-22(28(37-33-27)16-6-7-16)14-36-18-10-11-19(25(32)12-18)21-13-20(21)15-4-8-17(9-5-15)29(34)35;1-15(2)28-22(27(33-37-28)26-23(30)4-3-5-24(26)31)14-36-18-10-11-19(25(32)12-18)21-13-20(21)16-6-8-17(9-7-16)29(34)35;5-4(1-6,2-7)3-8/h1-5,8-12,16,20-21H,6-7,13-14H2,(H,34,35);3-12,15,20-21H,13-14H2,1-2H3,(H,34,35);6-8H,1-3,5H2/p+1/i2*14D;. The Morgan fingerprint density at radius 1 is 0.598 bits per heavy atom. The van der Waals surface area contributed by atoms with Gasteiger partial charge in [0.25, 0.3) is 0 Å². The van der Waals surface area contributed by atoms with Crippen molar-refractivity contribution >= 4 is 81.5 Å². The van der Waals surface area contributed by atoms with E-state index in [-0.39, 0.29) is 66.5 Å². The normalized spacial score (nSPS) is 18.2. The average molecular weight is 1240 g/mol. The molecule has 3 saturated carbocycles. The molecule has 82 heavy (non-hydrogen) atoms. The number of aromatic nitrogens is 2. The first-order valence-corrected chi connectivity index (χ1v) is 28.4. The molecule has 8 aromatic rings. The molecule has 0 amide bonds. The summed E-state index contributed by atoms with van der Waals surface area (Å²) >= 11 is 39.1. The van der Waals surface area contributed by atoms with Gasteiger partial charge in [0.2, 0.25) is 0 Å². The van der Waals surface area contributed by atoms with Gasteiger partial charge in [-0.3, -0.25) is 0 Å². The minimum atomic E-state index is -1.16. The van der Waals surface area contributed by atoms with E-state index in [2.05, 4.69) is 16.0 Å². The topological polar surface area (TPSA) is 233 Å². The number of benzene rings is 6. The molecule has 3 aliphatic carbocycles. The highest BCUT2D eigenvalue weighted by atomic mass is 35.5. The summed E-state index contributed by atoms with van der Waals surface area (Å²) in [7, 11) is 0. The summed E-state index contributed by atoms with van der Waals surface area (Å²) in [5, 5.41) is 54.7. The number of carboxylic acids is 2. The number of carboxylic acid groups (broad SMARTS) is 2. The number of aromatic carboxylic acids is 2. The number of nitrogens with zero attached hydrogens (tertiary/aromatic N) is 2. The quantitative estimate of drug-likeness (QED) is 0.0443. The number of halogens is 6. The third-order valence-corrected chi connectivity index (χ3v) is 16.4. The second kappa shape index (κ2) is 26.2. The summed E-state index contributed by atoms with van der Waals surface area (Å²) in [6.07, 6.45) is 3.79. The first-order valence-electron chi connectivity index (χ1n) is 27.3. The fraction of sp³-hybridized carbons (Fsp3) is 0.290. The Bertz CT molecular complexity index is 3400. The van der Waals surface area contributed by atoms with Crippen LogP contribution in [0.1, 0.15) is 143 Å². The molecule has 0 aliphatic heterocycles. The molecule has 6 atom stereocenters. The highest BCUT2D eigenvalue weighted by Gasteiger charge is 2.42. The van der Waals surface area contributed by atoms with Gasteiger partial charge in [0.1, 0.15) is 67.4 Å². The van der Waals surface area contributed by atoms with Crippen molar-refractivity contribution in [2.24, 2.45) is 0 Å². The van der Waals surface area contributed by atoms with Crippen molar-refractivity contribution in [2.75, 3.05) is 19.8 Å². The molecule has 0 saturated heterocycles. The van der Waals surface area contributed by atoms with Crippen molar-refractivity contribution in [1.29, 1.82) is 0 Å². The molecule has 3 aliphatic rings. The van der Waals surface area contributed by atoms with E-state index >= 15 is 0 Å². The second-order valence-corrected chi connectivity index (χ2v) is 23.2. The van der Waals surface area contributed by atoms with Gasteiger partial charge in [0, 0.05) is 33.0 Å². The minimum Gasteiger partial charge on any atom is -0.489 e. The molecule has 2 aromatic heterocycles. The van der Waals surface area contributed by atoms with Crippen LogP contribution in [0.5, 0.6) is 11.5 Å². The fourth-order valence-electron chi connectivity index (χ4n) is 9.44. The van der Waals surface area contributed by atoms with Crippen LogP contribution in [0.2, 0.25) is 30.1 Å². The van der Waals surface area contributed by atoms with Gasteiger partial charge in [-0.25, -0.2) is 9.59 Å². The molecule has 3 fully saturated rings. The maximum Gasteiger partial charge on any atom is 0.335 e. The Kier molecular flexibility index (Phi) is 18.4. The Balaban J connectivity index is 0.000000178. The molecule has 0 radical (unpaired) electrons. The number of carbonyl (C=O) groups is 2. The van der Waals surface area contributed by atoms with Crippen LogP contribution in [0.4, 0.5) is 0 Å². The first-order chi connectivity index (χ1) is 40.1. The molecule has 6 unspecified atom stereocenters. The number of ether oxygens (including phenoxy) is 2. The van der Waals surface area contributed by atoms with Gasteiger partial charge in [-0.15, -0.1) is 0 Å². The lowest BCUT2D eigenvalue weighted by molar-refractivity contribution is -0.494.